The van der Waals surface area contributed by atoms with E-state index in [0.29, 0.717) is 6.04 Å². The lowest BCUT2D eigenvalue weighted by Gasteiger charge is -2.12. The zero-order valence-corrected chi connectivity index (χ0v) is 9.09. The molecular formula is C11H13N5. The van der Waals surface area contributed by atoms with Gasteiger partial charge < -0.3 is 5.32 Å². The quantitative estimate of drug-likeness (QED) is 0.772. The van der Waals surface area contributed by atoms with Gasteiger partial charge in [0.1, 0.15) is 5.82 Å². The lowest BCUT2D eigenvalue weighted by Crippen LogP contribution is -2.16. The highest BCUT2D eigenvalue weighted by Crippen LogP contribution is 2.15. The van der Waals surface area contributed by atoms with Crippen molar-refractivity contribution in [2.75, 3.05) is 5.32 Å². The molecule has 1 N–H and O–H groups in total. The van der Waals surface area contributed by atoms with Crippen LogP contribution < -0.4 is 5.32 Å². The molecular weight excluding hydrogens is 202 g/mol. The molecule has 2 aromatic heterocycles. The molecule has 2 aromatic rings. The summed E-state index contributed by atoms with van der Waals surface area (Å²) < 4.78 is 1.75. The summed E-state index contributed by atoms with van der Waals surface area (Å²) in [5.74, 6) is 1.69. The Kier molecular flexibility index (Phi) is 2.09. The van der Waals surface area contributed by atoms with Crippen molar-refractivity contribution in [2.45, 2.75) is 25.8 Å². The Bertz CT molecular complexity index is 534. The Hall–Kier alpha value is -1.91. The van der Waals surface area contributed by atoms with Gasteiger partial charge in [0.15, 0.2) is 11.5 Å². The van der Waals surface area contributed by atoms with Gasteiger partial charge in [0.25, 0.3) is 0 Å². The number of rotatable bonds is 2. The van der Waals surface area contributed by atoms with Gasteiger partial charge in [-0.2, -0.15) is 4.52 Å². The van der Waals surface area contributed by atoms with E-state index in [4.69, 9.17) is 0 Å². The van der Waals surface area contributed by atoms with E-state index >= 15 is 0 Å². The first-order valence-electron chi connectivity index (χ1n) is 5.43. The Morgan fingerprint density at radius 2 is 2.06 bits per heavy atom. The topological polar surface area (TPSA) is 55.1 Å². The summed E-state index contributed by atoms with van der Waals surface area (Å²) in [4.78, 5) is 0. The first-order chi connectivity index (χ1) is 7.83. The summed E-state index contributed by atoms with van der Waals surface area (Å²) in [5.41, 5.74) is 0.785. The molecule has 82 valence electrons. The van der Waals surface area contributed by atoms with Gasteiger partial charge in [0.05, 0.1) is 0 Å². The van der Waals surface area contributed by atoms with Crippen LogP contribution in [0.25, 0.3) is 5.65 Å². The van der Waals surface area contributed by atoms with E-state index in [1.165, 1.54) is 0 Å². The lowest BCUT2D eigenvalue weighted by molar-refractivity contribution is 0.767. The molecule has 0 spiro atoms. The minimum absolute atomic E-state index is 0.474. The number of aromatic nitrogens is 4. The van der Waals surface area contributed by atoms with Crippen molar-refractivity contribution < 1.29 is 0 Å². The Morgan fingerprint density at radius 1 is 1.25 bits per heavy atom. The van der Waals surface area contributed by atoms with Gasteiger partial charge in [-0.15, -0.1) is 15.3 Å². The van der Waals surface area contributed by atoms with Crippen LogP contribution in [-0.2, 0) is 0 Å². The number of anilines is 1. The van der Waals surface area contributed by atoms with Gasteiger partial charge in [0, 0.05) is 6.04 Å². The SMILES string of the molecule is Cc1nnc2ccc(NC3CC=CC3)nn12. The van der Waals surface area contributed by atoms with Crippen molar-refractivity contribution in [1.82, 2.24) is 19.8 Å². The molecule has 0 saturated heterocycles. The monoisotopic (exact) mass is 215 g/mol. The molecule has 5 heteroatoms. The third-order valence-corrected chi connectivity index (χ3v) is 2.78. The highest BCUT2D eigenvalue weighted by atomic mass is 15.4. The van der Waals surface area contributed by atoms with E-state index in [2.05, 4.69) is 32.8 Å². The van der Waals surface area contributed by atoms with Crippen LogP contribution in [-0.4, -0.2) is 25.9 Å². The van der Waals surface area contributed by atoms with Crippen LogP contribution in [0.1, 0.15) is 18.7 Å². The zero-order chi connectivity index (χ0) is 11.0. The van der Waals surface area contributed by atoms with Crippen molar-refractivity contribution in [3.8, 4) is 0 Å². The van der Waals surface area contributed by atoms with Crippen LogP contribution in [0.3, 0.4) is 0 Å². The van der Waals surface area contributed by atoms with E-state index in [0.717, 1.165) is 30.1 Å². The molecule has 0 radical (unpaired) electrons. The van der Waals surface area contributed by atoms with Gasteiger partial charge in [-0.1, -0.05) is 12.2 Å². The maximum Gasteiger partial charge on any atom is 0.178 e. The van der Waals surface area contributed by atoms with Gasteiger partial charge in [-0.3, -0.25) is 0 Å². The molecule has 0 amide bonds. The number of hydrogen-bond acceptors (Lipinski definition) is 4. The fourth-order valence-electron chi connectivity index (χ4n) is 1.92. The highest BCUT2D eigenvalue weighted by Gasteiger charge is 2.11. The van der Waals surface area contributed by atoms with Crippen LogP contribution in [0.5, 0.6) is 0 Å². The maximum absolute atomic E-state index is 4.45. The number of nitrogens with zero attached hydrogens (tertiary/aromatic N) is 4. The van der Waals surface area contributed by atoms with Gasteiger partial charge in [0.2, 0.25) is 0 Å². The minimum atomic E-state index is 0.474. The molecule has 1 aliphatic rings. The van der Waals surface area contributed by atoms with Crippen molar-refractivity contribution in [2.24, 2.45) is 0 Å². The largest absolute Gasteiger partial charge is 0.365 e. The van der Waals surface area contributed by atoms with Gasteiger partial charge >= 0.3 is 0 Å². The zero-order valence-electron chi connectivity index (χ0n) is 9.09. The molecule has 0 atom stereocenters. The van der Waals surface area contributed by atoms with Crippen LogP contribution in [0.2, 0.25) is 0 Å². The van der Waals surface area contributed by atoms with E-state index in [9.17, 15) is 0 Å². The second kappa shape index (κ2) is 3.59. The van der Waals surface area contributed by atoms with Gasteiger partial charge in [-0.25, -0.2) is 0 Å². The van der Waals surface area contributed by atoms with E-state index in [-0.39, 0.29) is 0 Å². The van der Waals surface area contributed by atoms with Crippen LogP contribution in [0, 0.1) is 6.92 Å². The molecule has 2 heterocycles. The molecule has 0 aliphatic heterocycles. The highest BCUT2D eigenvalue weighted by molar-refractivity contribution is 5.44. The van der Waals surface area contributed by atoms with Crippen LogP contribution in [0.4, 0.5) is 5.82 Å². The van der Waals surface area contributed by atoms with E-state index in [1.54, 1.807) is 4.52 Å². The van der Waals surface area contributed by atoms with Crippen molar-refractivity contribution in [3.05, 3.63) is 30.1 Å². The number of aryl methyl sites for hydroxylation is 1. The summed E-state index contributed by atoms with van der Waals surface area (Å²) in [6.45, 7) is 1.90. The predicted octanol–water partition coefficient (Wildman–Crippen LogP) is 1.56. The minimum Gasteiger partial charge on any atom is -0.365 e. The predicted molar refractivity (Wildman–Crippen MR) is 61.3 cm³/mol. The van der Waals surface area contributed by atoms with Crippen molar-refractivity contribution in [3.63, 3.8) is 0 Å². The molecule has 1 aliphatic carbocycles. The summed E-state index contributed by atoms with van der Waals surface area (Å²) in [7, 11) is 0. The van der Waals surface area contributed by atoms with Crippen molar-refractivity contribution >= 4 is 11.5 Å². The van der Waals surface area contributed by atoms with Crippen LogP contribution in [0.15, 0.2) is 24.3 Å². The van der Waals surface area contributed by atoms with Crippen molar-refractivity contribution in [1.29, 1.82) is 0 Å². The molecule has 0 fully saturated rings. The van der Waals surface area contributed by atoms with E-state index < -0.39 is 0 Å². The molecule has 16 heavy (non-hydrogen) atoms. The third-order valence-electron chi connectivity index (χ3n) is 2.78. The fourth-order valence-corrected chi connectivity index (χ4v) is 1.92. The average molecular weight is 215 g/mol. The fraction of sp³-hybridized carbons (Fsp3) is 0.364. The number of fused-ring (bicyclic) bond motifs is 1. The molecule has 0 saturated carbocycles. The first-order valence-corrected chi connectivity index (χ1v) is 5.43. The molecule has 0 bridgehead atoms. The van der Waals surface area contributed by atoms with E-state index in [1.807, 2.05) is 19.1 Å². The second-order valence-corrected chi connectivity index (χ2v) is 4.02. The van der Waals surface area contributed by atoms with Crippen LogP contribution >= 0.6 is 0 Å². The normalized spacial score (nSPS) is 16.1. The third kappa shape index (κ3) is 1.54. The molecule has 0 unspecified atom stereocenters. The van der Waals surface area contributed by atoms with Gasteiger partial charge in [-0.05, 0) is 31.9 Å². The molecule has 0 aromatic carbocycles. The summed E-state index contributed by atoms with van der Waals surface area (Å²) in [6, 6.07) is 4.35. The molecule has 5 nitrogen and oxygen atoms in total. The summed E-state index contributed by atoms with van der Waals surface area (Å²) >= 11 is 0. The Balaban J connectivity index is 1.89. The first kappa shape index (κ1) is 9.33. The standard InChI is InChI=1S/C11H13N5/c1-8-13-14-11-7-6-10(15-16(8)11)12-9-4-2-3-5-9/h2-3,6-7,9H,4-5H2,1H3,(H,12,15). The number of hydrogen-bond donors (Lipinski definition) is 1. The summed E-state index contributed by atoms with van der Waals surface area (Å²) in [5, 5.41) is 15.8. The Labute approximate surface area is 93.2 Å². The smallest absolute Gasteiger partial charge is 0.178 e. The number of nitrogens with one attached hydrogen (secondary N) is 1. The average Bonchev–Trinajstić information content (AvgIpc) is 2.90. The molecule has 3 rings (SSSR count). The lowest BCUT2D eigenvalue weighted by atomic mass is 10.2. The summed E-state index contributed by atoms with van der Waals surface area (Å²) in [6.07, 6.45) is 6.53. The maximum atomic E-state index is 4.45. The second-order valence-electron chi connectivity index (χ2n) is 4.02. The Morgan fingerprint density at radius 3 is 2.88 bits per heavy atom.